The van der Waals surface area contributed by atoms with E-state index < -0.39 is 5.97 Å². The molecule has 0 N–H and O–H groups in total. The summed E-state index contributed by atoms with van der Waals surface area (Å²) in [5.41, 5.74) is 1.77. The number of ether oxygens (including phenoxy) is 2. The van der Waals surface area contributed by atoms with Crippen LogP contribution in [0.1, 0.15) is 22.2 Å². The van der Waals surface area contributed by atoms with Crippen molar-refractivity contribution in [3.63, 3.8) is 0 Å². The highest BCUT2D eigenvalue weighted by Crippen LogP contribution is 2.35. The topological polar surface area (TPSA) is 61.3 Å². The first kappa shape index (κ1) is 18.2. The van der Waals surface area contributed by atoms with Gasteiger partial charge in [-0.3, -0.25) is 0 Å². The lowest BCUT2D eigenvalue weighted by atomic mass is 10.2. The molecule has 2 aromatic heterocycles. The van der Waals surface area contributed by atoms with Crippen molar-refractivity contribution in [3.05, 3.63) is 27.7 Å². The van der Waals surface area contributed by atoms with E-state index in [1.807, 2.05) is 13.8 Å². The molecule has 0 atom stereocenters. The second kappa shape index (κ2) is 8.10. The summed E-state index contributed by atoms with van der Waals surface area (Å²) in [6, 6.07) is 0. The van der Waals surface area contributed by atoms with E-state index in [1.54, 1.807) is 7.11 Å². The van der Waals surface area contributed by atoms with E-state index in [0.717, 1.165) is 16.9 Å². The van der Waals surface area contributed by atoms with Gasteiger partial charge in [0.2, 0.25) is 0 Å². The SMILES string of the molecule is C=C(C)CSc1nc(Cl)c2c(C)c(C(=O)OCCOC)sc2n1. The van der Waals surface area contributed by atoms with Crippen molar-refractivity contribution >= 4 is 50.9 Å². The monoisotopic (exact) mass is 372 g/mol. The Balaban J connectivity index is 2.31. The Kier molecular flexibility index (Phi) is 6.41. The van der Waals surface area contributed by atoms with Gasteiger partial charge >= 0.3 is 5.97 Å². The predicted molar refractivity (Wildman–Crippen MR) is 94.9 cm³/mol. The van der Waals surface area contributed by atoms with Crippen LogP contribution < -0.4 is 0 Å². The molecule has 124 valence electrons. The van der Waals surface area contributed by atoms with Crippen molar-refractivity contribution in [2.45, 2.75) is 19.0 Å². The fraction of sp³-hybridized carbons (Fsp3) is 0.400. The number of halogens is 1. The Morgan fingerprint density at radius 3 is 2.78 bits per heavy atom. The van der Waals surface area contributed by atoms with Crippen LogP contribution in [0.3, 0.4) is 0 Å². The third-order valence-electron chi connectivity index (χ3n) is 2.88. The first-order valence-electron chi connectivity index (χ1n) is 6.84. The largest absolute Gasteiger partial charge is 0.459 e. The molecule has 23 heavy (non-hydrogen) atoms. The Morgan fingerprint density at radius 1 is 1.39 bits per heavy atom. The molecule has 0 fully saturated rings. The molecule has 0 aliphatic rings. The summed E-state index contributed by atoms with van der Waals surface area (Å²) in [4.78, 5) is 22.1. The van der Waals surface area contributed by atoms with Gasteiger partial charge in [0.25, 0.3) is 0 Å². The molecule has 8 heteroatoms. The van der Waals surface area contributed by atoms with Crippen molar-refractivity contribution in [3.8, 4) is 0 Å². The molecule has 0 bridgehead atoms. The average molecular weight is 373 g/mol. The maximum absolute atomic E-state index is 12.1. The van der Waals surface area contributed by atoms with Gasteiger partial charge in [0.15, 0.2) is 5.16 Å². The molecule has 2 rings (SSSR count). The molecule has 5 nitrogen and oxygen atoms in total. The maximum atomic E-state index is 12.1. The molecule has 0 aliphatic heterocycles. The van der Waals surface area contributed by atoms with Crippen molar-refractivity contribution in [1.82, 2.24) is 9.97 Å². The van der Waals surface area contributed by atoms with Crippen LogP contribution in [-0.2, 0) is 9.47 Å². The van der Waals surface area contributed by atoms with Gasteiger partial charge in [-0.15, -0.1) is 11.3 Å². The molecule has 2 aromatic rings. The number of fused-ring (bicyclic) bond motifs is 1. The smallest absolute Gasteiger partial charge is 0.348 e. The van der Waals surface area contributed by atoms with Gasteiger partial charge in [0.1, 0.15) is 21.5 Å². The number of thioether (sulfide) groups is 1. The number of nitrogens with zero attached hydrogens (tertiary/aromatic N) is 2. The lowest BCUT2D eigenvalue weighted by molar-refractivity contribution is 0.0393. The van der Waals surface area contributed by atoms with E-state index in [1.165, 1.54) is 23.1 Å². The van der Waals surface area contributed by atoms with Gasteiger partial charge in [0.05, 0.1) is 12.0 Å². The van der Waals surface area contributed by atoms with Crippen LogP contribution in [0.5, 0.6) is 0 Å². The quantitative estimate of drug-likeness (QED) is 0.182. The highest BCUT2D eigenvalue weighted by Gasteiger charge is 2.21. The third kappa shape index (κ3) is 4.44. The number of hydrogen-bond acceptors (Lipinski definition) is 7. The summed E-state index contributed by atoms with van der Waals surface area (Å²) in [7, 11) is 1.55. The molecule has 0 aromatic carbocycles. The molecule has 0 radical (unpaired) electrons. The van der Waals surface area contributed by atoms with Crippen LogP contribution in [0, 0.1) is 6.92 Å². The van der Waals surface area contributed by atoms with E-state index in [9.17, 15) is 4.79 Å². The minimum absolute atomic E-state index is 0.210. The van der Waals surface area contributed by atoms with E-state index in [4.69, 9.17) is 21.1 Å². The van der Waals surface area contributed by atoms with Gasteiger partial charge in [-0.1, -0.05) is 35.5 Å². The van der Waals surface area contributed by atoms with Gasteiger partial charge in [0, 0.05) is 12.9 Å². The average Bonchev–Trinajstić information content (AvgIpc) is 2.83. The Bertz CT molecular complexity index is 746. The Labute approximate surface area is 148 Å². The van der Waals surface area contributed by atoms with Crippen molar-refractivity contribution < 1.29 is 14.3 Å². The zero-order valence-corrected chi connectivity index (χ0v) is 15.5. The normalized spacial score (nSPS) is 11.0. The number of thiophene rings is 1. The molecule has 0 saturated carbocycles. The molecule has 2 heterocycles. The molecule has 0 amide bonds. The van der Waals surface area contributed by atoms with Crippen molar-refractivity contribution in [2.24, 2.45) is 0 Å². The van der Waals surface area contributed by atoms with Crippen LogP contribution in [-0.4, -0.2) is 42.0 Å². The molecule has 0 saturated heterocycles. The van der Waals surface area contributed by atoms with E-state index >= 15 is 0 Å². The highest BCUT2D eigenvalue weighted by atomic mass is 35.5. The van der Waals surface area contributed by atoms with Crippen LogP contribution in [0.15, 0.2) is 17.3 Å². The summed E-state index contributed by atoms with van der Waals surface area (Å²) in [6.07, 6.45) is 0. The Hall–Kier alpha value is -1.15. The number of esters is 1. The van der Waals surface area contributed by atoms with Crippen LogP contribution >= 0.6 is 34.7 Å². The second-order valence-corrected chi connectivity index (χ2v) is 7.21. The number of aromatic nitrogens is 2. The number of carbonyl (C=O) groups excluding carboxylic acids is 1. The summed E-state index contributed by atoms with van der Waals surface area (Å²) in [5.74, 6) is 0.327. The second-order valence-electron chi connectivity index (χ2n) is 4.91. The van der Waals surface area contributed by atoms with Crippen LogP contribution in [0.2, 0.25) is 5.15 Å². The van der Waals surface area contributed by atoms with E-state index in [2.05, 4.69) is 16.5 Å². The number of hydrogen-bond donors (Lipinski definition) is 0. The molecule has 0 aliphatic carbocycles. The fourth-order valence-corrected chi connectivity index (χ4v) is 4.04. The number of aryl methyl sites for hydroxylation is 1. The zero-order valence-electron chi connectivity index (χ0n) is 13.1. The lowest BCUT2D eigenvalue weighted by Gasteiger charge is -2.03. The zero-order chi connectivity index (χ0) is 17.0. The first-order chi connectivity index (χ1) is 10.9. The number of methoxy groups -OCH3 is 1. The third-order valence-corrected chi connectivity index (χ3v) is 5.40. The minimum Gasteiger partial charge on any atom is -0.459 e. The molecular formula is C15H17ClN2O3S2. The van der Waals surface area contributed by atoms with Gasteiger partial charge in [-0.05, 0) is 19.4 Å². The predicted octanol–water partition coefficient (Wildman–Crippen LogP) is 4.12. The van der Waals surface area contributed by atoms with E-state index in [-0.39, 0.29) is 6.61 Å². The van der Waals surface area contributed by atoms with Crippen LogP contribution in [0.25, 0.3) is 10.2 Å². The Morgan fingerprint density at radius 2 is 2.13 bits per heavy atom. The van der Waals surface area contributed by atoms with Gasteiger partial charge in [-0.25, -0.2) is 14.8 Å². The summed E-state index contributed by atoms with van der Waals surface area (Å²) in [6.45, 7) is 8.19. The standard InChI is InChI=1S/C15H17ClN2O3S2/c1-8(2)7-22-15-17-12(16)10-9(3)11(23-13(10)18-15)14(19)21-6-5-20-4/h1,5-7H2,2-4H3. The first-order valence-corrected chi connectivity index (χ1v) is 9.02. The van der Waals surface area contributed by atoms with E-state index in [0.29, 0.717) is 32.0 Å². The highest BCUT2D eigenvalue weighted by molar-refractivity contribution is 7.99. The molecule has 0 unspecified atom stereocenters. The minimum atomic E-state index is -0.394. The summed E-state index contributed by atoms with van der Waals surface area (Å²) < 4.78 is 10.0. The maximum Gasteiger partial charge on any atom is 0.348 e. The van der Waals surface area contributed by atoms with Gasteiger partial charge in [-0.2, -0.15) is 0 Å². The lowest BCUT2D eigenvalue weighted by Crippen LogP contribution is -2.09. The fourth-order valence-electron chi connectivity index (χ4n) is 1.80. The van der Waals surface area contributed by atoms with Crippen molar-refractivity contribution in [2.75, 3.05) is 26.1 Å². The number of rotatable bonds is 7. The molecular weight excluding hydrogens is 356 g/mol. The van der Waals surface area contributed by atoms with Gasteiger partial charge < -0.3 is 9.47 Å². The summed E-state index contributed by atoms with van der Waals surface area (Å²) >= 11 is 9.01. The molecule has 0 spiro atoms. The summed E-state index contributed by atoms with van der Waals surface area (Å²) in [5, 5.41) is 1.63. The van der Waals surface area contributed by atoms with Crippen molar-refractivity contribution in [1.29, 1.82) is 0 Å². The van der Waals surface area contributed by atoms with Crippen LogP contribution in [0.4, 0.5) is 0 Å². The number of carbonyl (C=O) groups is 1.